The van der Waals surface area contributed by atoms with Crippen LogP contribution in [0.3, 0.4) is 0 Å². The summed E-state index contributed by atoms with van der Waals surface area (Å²) in [7, 11) is 0. The summed E-state index contributed by atoms with van der Waals surface area (Å²) >= 11 is 0. The van der Waals surface area contributed by atoms with Crippen molar-refractivity contribution in [3.8, 4) is 0 Å². The highest BCUT2D eigenvalue weighted by Crippen LogP contribution is 2.08. The van der Waals surface area contributed by atoms with Crippen LogP contribution in [0.25, 0.3) is 0 Å². The molecule has 0 rings (SSSR count). The van der Waals surface area contributed by atoms with E-state index in [9.17, 15) is 4.79 Å². The van der Waals surface area contributed by atoms with Gasteiger partial charge in [-0.15, -0.1) is 0 Å². The van der Waals surface area contributed by atoms with E-state index in [1.807, 2.05) is 6.92 Å². The number of aliphatic hydroxyl groups is 1. The second kappa shape index (κ2) is 4.96. The van der Waals surface area contributed by atoms with Crippen molar-refractivity contribution in [2.45, 2.75) is 26.4 Å². The molecular formula is C7H14O4. The van der Waals surface area contributed by atoms with Crippen molar-refractivity contribution >= 4 is 6.16 Å². The molecule has 0 bridgehead atoms. The Morgan fingerprint density at radius 1 is 1.64 bits per heavy atom. The van der Waals surface area contributed by atoms with Crippen molar-refractivity contribution in [3.63, 3.8) is 0 Å². The lowest BCUT2D eigenvalue weighted by Gasteiger charge is -2.16. The third-order valence-corrected chi connectivity index (χ3v) is 1.63. The smallest absolute Gasteiger partial charge is 0.450 e. The lowest BCUT2D eigenvalue weighted by molar-refractivity contribution is 0.0385. The van der Waals surface area contributed by atoms with Crippen LogP contribution in [0.15, 0.2) is 0 Å². The van der Waals surface area contributed by atoms with E-state index in [1.165, 1.54) is 0 Å². The molecule has 0 aromatic carbocycles. The van der Waals surface area contributed by atoms with Gasteiger partial charge in [0.1, 0.15) is 6.61 Å². The summed E-state index contributed by atoms with van der Waals surface area (Å²) in [5.74, 6) is -0.0916. The van der Waals surface area contributed by atoms with Crippen LogP contribution in [-0.4, -0.2) is 29.1 Å². The van der Waals surface area contributed by atoms with Gasteiger partial charge in [-0.05, 0) is 13.3 Å². The van der Waals surface area contributed by atoms with Gasteiger partial charge in [-0.1, -0.05) is 6.92 Å². The highest BCUT2D eigenvalue weighted by molar-refractivity contribution is 5.56. The van der Waals surface area contributed by atoms with Gasteiger partial charge in [-0.3, -0.25) is 0 Å². The van der Waals surface area contributed by atoms with Crippen LogP contribution in [0.4, 0.5) is 4.79 Å². The average molecular weight is 162 g/mol. The van der Waals surface area contributed by atoms with Crippen molar-refractivity contribution in [1.82, 2.24) is 0 Å². The molecule has 2 atom stereocenters. The number of aliphatic hydroxyl groups excluding tert-OH is 1. The van der Waals surface area contributed by atoms with E-state index in [4.69, 9.17) is 10.2 Å². The Morgan fingerprint density at radius 3 is 2.45 bits per heavy atom. The molecule has 2 N–H and O–H groups in total. The highest BCUT2D eigenvalue weighted by Gasteiger charge is 2.14. The largest absolute Gasteiger partial charge is 0.505 e. The van der Waals surface area contributed by atoms with Crippen LogP contribution >= 0.6 is 0 Å². The van der Waals surface area contributed by atoms with Crippen molar-refractivity contribution in [2.24, 2.45) is 5.92 Å². The third kappa shape index (κ3) is 4.61. The molecule has 66 valence electrons. The van der Waals surface area contributed by atoms with Gasteiger partial charge in [-0.25, -0.2) is 4.79 Å². The van der Waals surface area contributed by atoms with Crippen molar-refractivity contribution in [3.05, 3.63) is 0 Å². The van der Waals surface area contributed by atoms with E-state index in [-0.39, 0.29) is 12.5 Å². The molecule has 0 amide bonds. The molecule has 0 saturated carbocycles. The Bertz CT molecular complexity index is 122. The molecule has 4 heteroatoms. The van der Waals surface area contributed by atoms with Crippen LogP contribution in [0.2, 0.25) is 0 Å². The first-order valence-electron chi connectivity index (χ1n) is 3.61. The highest BCUT2D eigenvalue weighted by atomic mass is 16.7. The van der Waals surface area contributed by atoms with E-state index >= 15 is 0 Å². The molecular weight excluding hydrogens is 148 g/mol. The van der Waals surface area contributed by atoms with Crippen molar-refractivity contribution < 1.29 is 19.7 Å². The summed E-state index contributed by atoms with van der Waals surface area (Å²) in [5.41, 5.74) is 0. The van der Waals surface area contributed by atoms with Gasteiger partial charge in [0.2, 0.25) is 0 Å². The van der Waals surface area contributed by atoms with E-state index < -0.39 is 12.3 Å². The predicted molar refractivity (Wildman–Crippen MR) is 39.4 cm³/mol. The van der Waals surface area contributed by atoms with E-state index in [1.54, 1.807) is 6.92 Å². The topological polar surface area (TPSA) is 66.8 Å². The third-order valence-electron chi connectivity index (χ3n) is 1.63. The Balaban J connectivity index is 3.61. The second-order valence-electron chi connectivity index (χ2n) is 2.49. The lowest BCUT2D eigenvalue weighted by Crippen LogP contribution is -2.22. The van der Waals surface area contributed by atoms with Gasteiger partial charge >= 0.3 is 6.16 Å². The van der Waals surface area contributed by atoms with Gasteiger partial charge in [-0.2, -0.15) is 0 Å². The number of hydrogen-bond acceptors (Lipinski definition) is 3. The zero-order valence-corrected chi connectivity index (χ0v) is 6.78. The van der Waals surface area contributed by atoms with E-state index in [0.717, 1.165) is 0 Å². The number of carbonyl (C=O) groups is 1. The summed E-state index contributed by atoms with van der Waals surface area (Å²) in [4.78, 5) is 9.94. The van der Waals surface area contributed by atoms with Gasteiger partial charge in [0.15, 0.2) is 0 Å². The van der Waals surface area contributed by atoms with Gasteiger partial charge in [0.05, 0.1) is 6.10 Å². The molecule has 0 aliphatic heterocycles. The van der Waals surface area contributed by atoms with Crippen molar-refractivity contribution in [2.75, 3.05) is 6.61 Å². The zero-order chi connectivity index (χ0) is 8.85. The van der Waals surface area contributed by atoms with Gasteiger partial charge in [0.25, 0.3) is 0 Å². The number of rotatable bonds is 4. The SMILES string of the molecule is CCC(COC(=O)O)C(C)O. The molecule has 0 aromatic rings. The minimum atomic E-state index is -1.29. The summed E-state index contributed by atoms with van der Waals surface area (Å²) in [5, 5.41) is 17.2. The van der Waals surface area contributed by atoms with Crippen LogP contribution < -0.4 is 0 Å². The molecule has 2 unspecified atom stereocenters. The normalized spacial score (nSPS) is 15.5. The average Bonchev–Trinajstić information content (AvgIpc) is 1.87. The summed E-state index contributed by atoms with van der Waals surface area (Å²) < 4.78 is 4.31. The molecule has 0 radical (unpaired) electrons. The van der Waals surface area contributed by atoms with Crippen LogP contribution in [-0.2, 0) is 4.74 Å². The maximum atomic E-state index is 9.94. The molecule has 4 nitrogen and oxygen atoms in total. The van der Waals surface area contributed by atoms with Crippen LogP contribution in [0.1, 0.15) is 20.3 Å². The summed E-state index contributed by atoms with van der Waals surface area (Å²) in [6.07, 6.45) is -1.09. The maximum absolute atomic E-state index is 9.94. The molecule has 0 aromatic heterocycles. The Hall–Kier alpha value is -0.770. The van der Waals surface area contributed by atoms with Gasteiger partial charge in [0, 0.05) is 5.92 Å². The zero-order valence-electron chi connectivity index (χ0n) is 6.78. The molecule has 0 aliphatic rings. The molecule has 0 aliphatic carbocycles. The Morgan fingerprint density at radius 2 is 2.18 bits per heavy atom. The molecule has 0 saturated heterocycles. The molecule has 11 heavy (non-hydrogen) atoms. The summed E-state index contributed by atoms with van der Waals surface area (Å²) in [6, 6.07) is 0. The standard InChI is InChI=1S/C7H14O4/c1-3-6(5(2)8)4-11-7(9)10/h5-6,8H,3-4H2,1-2H3,(H,9,10). The quantitative estimate of drug-likeness (QED) is 0.607. The summed E-state index contributed by atoms with van der Waals surface area (Å²) in [6.45, 7) is 3.57. The number of carboxylic acid groups (broad SMARTS) is 1. The first-order valence-corrected chi connectivity index (χ1v) is 3.61. The molecule has 0 spiro atoms. The fourth-order valence-corrected chi connectivity index (χ4v) is 0.777. The Labute approximate surface area is 65.8 Å². The van der Waals surface area contributed by atoms with Gasteiger partial charge < -0.3 is 14.9 Å². The van der Waals surface area contributed by atoms with E-state index in [0.29, 0.717) is 6.42 Å². The van der Waals surface area contributed by atoms with Crippen LogP contribution in [0.5, 0.6) is 0 Å². The van der Waals surface area contributed by atoms with E-state index in [2.05, 4.69) is 4.74 Å². The first-order chi connectivity index (χ1) is 5.07. The molecule has 0 heterocycles. The fourth-order valence-electron chi connectivity index (χ4n) is 0.777. The maximum Gasteiger partial charge on any atom is 0.505 e. The van der Waals surface area contributed by atoms with Crippen molar-refractivity contribution in [1.29, 1.82) is 0 Å². The molecule has 0 fully saturated rings. The minimum absolute atomic E-state index is 0.0729. The predicted octanol–water partition coefficient (Wildman–Crippen LogP) is 1.09. The minimum Gasteiger partial charge on any atom is -0.450 e. The van der Waals surface area contributed by atoms with Crippen LogP contribution in [0, 0.1) is 5.92 Å². The fraction of sp³-hybridized carbons (Fsp3) is 0.857. The lowest BCUT2D eigenvalue weighted by atomic mass is 10.0. The Kier molecular flexibility index (Phi) is 4.61. The number of ether oxygens (including phenoxy) is 1. The second-order valence-corrected chi connectivity index (χ2v) is 2.49. The first kappa shape index (κ1) is 10.2. The monoisotopic (exact) mass is 162 g/mol. The number of hydrogen-bond donors (Lipinski definition) is 2.